The van der Waals surface area contributed by atoms with Crippen molar-refractivity contribution in [2.75, 3.05) is 0 Å². The lowest BCUT2D eigenvalue weighted by Crippen LogP contribution is -2.12. The number of para-hydroxylation sites is 1. The molecule has 0 aliphatic carbocycles. The Labute approximate surface area is 142 Å². The normalized spacial score (nSPS) is 10.7. The molecule has 0 radical (unpaired) electrons. The van der Waals surface area contributed by atoms with Gasteiger partial charge in [0.15, 0.2) is 0 Å². The summed E-state index contributed by atoms with van der Waals surface area (Å²) in [6.07, 6.45) is 0. The first-order valence-corrected chi connectivity index (χ1v) is 7.75. The van der Waals surface area contributed by atoms with Gasteiger partial charge in [-0.25, -0.2) is 9.78 Å². The van der Waals surface area contributed by atoms with Crippen molar-refractivity contribution in [3.63, 3.8) is 0 Å². The fourth-order valence-electron chi connectivity index (χ4n) is 2.64. The maximum atomic E-state index is 12.2. The Morgan fingerprint density at radius 3 is 2.20 bits per heavy atom. The third kappa shape index (κ3) is 2.92. The monoisotopic (exact) mass is 330 g/mol. The molecule has 2 aromatic carbocycles. The van der Waals surface area contributed by atoms with Crippen LogP contribution >= 0.6 is 0 Å². The van der Waals surface area contributed by atoms with E-state index in [2.05, 4.69) is 15.3 Å². The van der Waals surface area contributed by atoms with E-state index in [9.17, 15) is 9.59 Å². The van der Waals surface area contributed by atoms with Crippen molar-refractivity contribution in [2.45, 2.75) is 0 Å². The number of benzene rings is 2. The fourth-order valence-corrected chi connectivity index (χ4v) is 2.64. The molecule has 25 heavy (non-hydrogen) atoms. The van der Waals surface area contributed by atoms with Crippen molar-refractivity contribution < 1.29 is 0 Å². The average Bonchev–Trinajstić information content (AvgIpc) is 3.05. The highest BCUT2D eigenvalue weighted by Gasteiger charge is 2.07. The van der Waals surface area contributed by atoms with Crippen LogP contribution in [0.3, 0.4) is 0 Å². The average molecular weight is 330 g/mol. The molecule has 0 aliphatic rings. The van der Waals surface area contributed by atoms with Crippen molar-refractivity contribution in [1.82, 2.24) is 20.0 Å². The summed E-state index contributed by atoms with van der Waals surface area (Å²) in [5.74, 6) is 0. The number of hydrogen-bond acceptors (Lipinski definition) is 3. The summed E-state index contributed by atoms with van der Waals surface area (Å²) in [6.45, 7) is 0. The summed E-state index contributed by atoms with van der Waals surface area (Å²) in [7, 11) is 0. The lowest BCUT2D eigenvalue weighted by molar-refractivity contribution is 0.852. The van der Waals surface area contributed by atoms with Crippen LogP contribution in [0.5, 0.6) is 0 Å². The van der Waals surface area contributed by atoms with Crippen LogP contribution < -0.4 is 11.1 Å². The Morgan fingerprint density at radius 2 is 1.52 bits per heavy atom. The second kappa shape index (κ2) is 6.09. The van der Waals surface area contributed by atoms with Crippen LogP contribution in [0, 0.1) is 0 Å². The lowest BCUT2D eigenvalue weighted by atomic mass is 10.1. The molecule has 0 saturated carbocycles. The minimum Gasteiger partial charge on any atom is -0.290 e. The molecule has 0 atom stereocenters. The molecule has 0 bridgehead atoms. The van der Waals surface area contributed by atoms with Gasteiger partial charge in [-0.2, -0.15) is 5.10 Å². The first-order chi connectivity index (χ1) is 12.2. The third-order valence-corrected chi connectivity index (χ3v) is 3.91. The van der Waals surface area contributed by atoms with E-state index in [1.807, 2.05) is 54.6 Å². The van der Waals surface area contributed by atoms with Crippen LogP contribution in [0.25, 0.3) is 28.2 Å². The van der Waals surface area contributed by atoms with Gasteiger partial charge >= 0.3 is 0 Å². The van der Waals surface area contributed by atoms with E-state index in [1.54, 1.807) is 12.1 Å². The predicted octanol–water partition coefficient (Wildman–Crippen LogP) is 2.58. The first-order valence-electron chi connectivity index (χ1n) is 7.75. The third-order valence-electron chi connectivity index (χ3n) is 3.91. The molecule has 2 aromatic heterocycles. The number of aromatic amines is 2. The SMILES string of the molecule is O=c1ccc(-c2ccc(-c3cc(=O)n(-c4ccccc4)[nH]3)cc2)n[nH]1. The standard InChI is InChI=1S/C19H14N4O2/c24-18-11-10-16(20-21-18)13-6-8-14(9-7-13)17-12-19(25)23(22-17)15-4-2-1-3-5-15/h1-12,22H,(H,21,24). The maximum absolute atomic E-state index is 12.2. The van der Waals surface area contributed by atoms with Crippen molar-refractivity contribution in [1.29, 1.82) is 0 Å². The van der Waals surface area contributed by atoms with Crippen molar-refractivity contribution >= 4 is 0 Å². The van der Waals surface area contributed by atoms with Gasteiger partial charge in [-0.05, 0) is 23.8 Å². The van der Waals surface area contributed by atoms with Crippen LogP contribution in [0.4, 0.5) is 0 Å². The van der Waals surface area contributed by atoms with Crippen LogP contribution in [0.2, 0.25) is 0 Å². The van der Waals surface area contributed by atoms with Gasteiger partial charge in [0.05, 0.1) is 17.1 Å². The Morgan fingerprint density at radius 1 is 0.800 bits per heavy atom. The Balaban J connectivity index is 1.68. The number of aromatic nitrogens is 4. The molecule has 2 heterocycles. The van der Waals surface area contributed by atoms with Gasteiger partial charge in [0.25, 0.3) is 11.1 Å². The van der Waals surface area contributed by atoms with Crippen LogP contribution in [0.1, 0.15) is 0 Å². The van der Waals surface area contributed by atoms with Crippen molar-refractivity contribution in [3.8, 4) is 28.2 Å². The van der Waals surface area contributed by atoms with E-state index >= 15 is 0 Å². The number of rotatable bonds is 3. The molecular formula is C19H14N4O2. The smallest absolute Gasteiger partial charge is 0.271 e. The molecule has 0 saturated heterocycles. The second-order valence-corrected chi connectivity index (χ2v) is 5.56. The zero-order chi connectivity index (χ0) is 17.2. The van der Waals surface area contributed by atoms with Crippen molar-refractivity contribution in [3.05, 3.63) is 93.5 Å². The van der Waals surface area contributed by atoms with E-state index in [0.717, 1.165) is 22.5 Å². The summed E-state index contributed by atoms with van der Waals surface area (Å²) in [5.41, 5.74) is 3.61. The summed E-state index contributed by atoms with van der Waals surface area (Å²) in [6, 6.07) is 21.7. The van der Waals surface area contributed by atoms with Crippen LogP contribution in [-0.2, 0) is 0 Å². The van der Waals surface area contributed by atoms with Crippen LogP contribution in [-0.4, -0.2) is 20.0 Å². The number of hydrogen-bond donors (Lipinski definition) is 2. The molecule has 122 valence electrons. The van der Waals surface area contributed by atoms with Crippen LogP contribution in [0.15, 0.2) is 82.4 Å². The van der Waals surface area contributed by atoms with Gasteiger partial charge in [-0.15, -0.1) is 0 Å². The molecule has 4 rings (SSSR count). The zero-order valence-electron chi connectivity index (χ0n) is 13.1. The molecule has 2 N–H and O–H groups in total. The molecule has 6 heteroatoms. The van der Waals surface area contributed by atoms with E-state index < -0.39 is 0 Å². The Hall–Kier alpha value is -3.67. The largest absolute Gasteiger partial charge is 0.290 e. The summed E-state index contributed by atoms with van der Waals surface area (Å²) < 4.78 is 1.51. The Bertz CT molecular complexity index is 1100. The topological polar surface area (TPSA) is 83.5 Å². The molecule has 0 aliphatic heterocycles. The van der Waals surface area contributed by atoms with E-state index in [4.69, 9.17) is 0 Å². The van der Waals surface area contributed by atoms with Gasteiger partial charge < -0.3 is 0 Å². The van der Waals surface area contributed by atoms with Crippen molar-refractivity contribution in [2.24, 2.45) is 0 Å². The summed E-state index contributed by atoms with van der Waals surface area (Å²) >= 11 is 0. The van der Waals surface area contributed by atoms with Gasteiger partial charge in [-0.1, -0.05) is 42.5 Å². The van der Waals surface area contributed by atoms with Gasteiger partial charge in [0.1, 0.15) is 0 Å². The lowest BCUT2D eigenvalue weighted by Gasteiger charge is -2.03. The highest BCUT2D eigenvalue weighted by atomic mass is 16.1. The number of H-pyrrole nitrogens is 2. The zero-order valence-corrected chi connectivity index (χ0v) is 13.1. The second-order valence-electron chi connectivity index (χ2n) is 5.56. The molecular weight excluding hydrogens is 316 g/mol. The highest BCUT2D eigenvalue weighted by Crippen LogP contribution is 2.21. The predicted molar refractivity (Wildman–Crippen MR) is 95.7 cm³/mol. The minimum atomic E-state index is -0.236. The van der Waals surface area contributed by atoms with E-state index in [0.29, 0.717) is 5.69 Å². The summed E-state index contributed by atoms with van der Waals surface area (Å²) in [5, 5.41) is 9.55. The molecule has 4 aromatic rings. The molecule has 0 fully saturated rings. The molecule has 0 amide bonds. The quantitative estimate of drug-likeness (QED) is 0.605. The molecule has 0 spiro atoms. The minimum absolute atomic E-state index is 0.118. The number of nitrogens with zero attached hydrogens (tertiary/aromatic N) is 2. The maximum Gasteiger partial charge on any atom is 0.271 e. The fraction of sp³-hybridized carbons (Fsp3) is 0. The Kier molecular flexibility index (Phi) is 3.63. The van der Waals surface area contributed by atoms with Gasteiger partial charge in [-0.3, -0.25) is 14.7 Å². The molecule has 0 unspecified atom stereocenters. The van der Waals surface area contributed by atoms with E-state index in [1.165, 1.54) is 10.7 Å². The first kappa shape index (κ1) is 14.9. The van der Waals surface area contributed by atoms with Gasteiger partial charge in [0, 0.05) is 17.7 Å². The highest BCUT2D eigenvalue weighted by molar-refractivity contribution is 5.66. The number of nitrogens with one attached hydrogen (secondary N) is 2. The summed E-state index contributed by atoms with van der Waals surface area (Å²) in [4.78, 5) is 23.3. The van der Waals surface area contributed by atoms with E-state index in [-0.39, 0.29) is 11.1 Å². The van der Waals surface area contributed by atoms with Gasteiger partial charge in [0.2, 0.25) is 0 Å². The molecule has 6 nitrogen and oxygen atoms in total.